The van der Waals surface area contributed by atoms with Gasteiger partial charge in [0.25, 0.3) is 5.91 Å². The second-order valence-electron chi connectivity index (χ2n) is 7.01. The van der Waals surface area contributed by atoms with Crippen LogP contribution in [0.5, 0.6) is 0 Å². The number of benzene rings is 2. The van der Waals surface area contributed by atoms with E-state index in [1.165, 1.54) is 22.9 Å². The Balaban J connectivity index is 2.36. The fourth-order valence-corrected chi connectivity index (χ4v) is 3.06. The van der Waals surface area contributed by atoms with Gasteiger partial charge in [-0.25, -0.2) is 9.47 Å². The fourth-order valence-electron chi connectivity index (χ4n) is 2.50. The van der Waals surface area contributed by atoms with Gasteiger partial charge in [-0.05, 0) is 30.3 Å². The summed E-state index contributed by atoms with van der Waals surface area (Å²) in [4.78, 5) is 12.3. The van der Waals surface area contributed by atoms with E-state index in [-0.39, 0.29) is 22.7 Å². The predicted molar refractivity (Wildman–Crippen MR) is 105 cm³/mol. The van der Waals surface area contributed by atoms with E-state index in [0.717, 1.165) is 6.07 Å². The number of rotatable bonds is 9. The van der Waals surface area contributed by atoms with Crippen molar-refractivity contribution < 1.29 is 71.3 Å². The molecule has 38 heavy (non-hydrogen) atoms. The van der Waals surface area contributed by atoms with Crippen LogP contribution < -0.4 is 5.32 Å². The zero-order valence-electron chi connectivity index (χ0n) is 17.4. The number of amides is 1. The van der Waals surface area contributed by atoms with Crippen molar-refractivity contribution in [2.45, 2.75) is 36.5 Å². The van der Waals surface area contributed by atoms with E-state index in [9.17, 15) is 61.9 Å². The van der Waals surface area contributed by atoms with Gasteiger partial charge in [-0.2, -0.15) is 43.9 Å². The van der Waals surface area contributed by atoms with E-state index in [4.69, 9.17) is 11.6 Å². The molecule has 0 fully saturated rings. The average molecular weight is 661 g/mol. The smallest absolute Gasteiger partial charge is 0.322 e. The lowest BCUT2D eigenvalue weighted by atomic mass is 10.1. The molecule has 1 N–H and O–H groups in total. The van der Waals surface area contributed by atoms with Crippen molar-refractivity contribution in [2.75, 3.05) is 5.32 Å². The molecule has 0 heterocycles. The van der Waals surface area contributed by atoms with Crippen molar-refractivity contribution in [2.24, 2.45) is 0 Å². The molecule has 0 spiro atoms. The largest absolute Gasteiger partial charge is 0.527 e. The minimum absolute atomic E-state index is 0.0543. The van der Waals surface area contributed by atoms with Crippen LogP contribution in [0.4, 0.5) is 62.8 Å². The number of alkyl halides is 13. The Bertz CT molecular complexity index is 1190. The summed E-state index contributed by atoms with van der Waals surface area (Å²) in [5.74, 6) is -14.6. The van der Waals surface area contributed by atoms with Crippen LogP contribution in [0, 0.1) is 0 Å². The summed E-state index contributed by atoms with van der Waals surface area (Å²) >= 11 is 8.83. The minimum atomic E-state index is -7.53. The zero-order valence-corrected chi connectivity index (χ0v) is 19.8. The maximum atomic E-state index is 14.4. The Morgan fingerprint density at radius 2 is 1.32 bits per heavy atom. The number of carbonyl (C=O) groups excluding carboxylic acids is 1. The molecule has 0 bridgehead atoms. The molecular formula is C19H8BrClF13NO3. The first-order valence-corrected chi connectivity index (χ1v) is 10.3. The van der Waals surface area contributed by atoms with E-state index >= 15 is 0 Å². The molecule has 19 heteroatoms. The molecule has 0 saturated carbocycles. The maximum Gasteiger partial charge on any atom is 0.527 e. The second kappa shape index (κ2) is 10.3. The summed E-state index contributed by atoms with van der Waals surface area (Å²) in [7, 11) is 0. The van der Waals surface area contributed by atoms with E-state index in [2.05, 4.69) is 15.9 Å². The molecule has 0 aliphatic heterocycles. The Kier molecular flexibility index (Phi) is 8.69. The third kappa shape index (κ3) is 6.63. The lowest BCUT2D eigenvalue weighted by molar-refractivity contribution is -0.535. The quantitative estimate of drug-likeness (QED) is 0.275. The predicted octanol–water partition coefficient (Wildman–Crippen LogP) is 8.41. The number of anilines is 1. The van der Waals surface area contributed by atoms with Crippen LogP contribution in [0.3, 0.4) is 0 Å². The highest BCUT2D eigenvalue weighted by molar-refractivity contribution is 9.10. The summed E-state index contributed by atoms with van der Waals surface area (Å²) in [6.07, 6.45) is -28.0. The Morgan fingerprint density at radius 1 is 0.763 bits per heavy atom. The number of hydrogen-bond acceptors (Lipinski definition) is 3. The lowest BCUT2D eigenvalue weighted by Crippen LogP contribution is -2.61. The molecule has 0 unspecified atom stereocenters. The van der Waals surface area contributed by atoms with Gasteiger partial charge >= 0.3 is 36.5 Å². The van der Waals surface area contributed by atoms with Crippen LogP contribution in [0.15, 0.2) is 46.9 Å². The van der Waals surface area contributed by atoms with Crippen molar-refractivity contribution in [1.29, 1.82) is 0 Å². The third-order valence-corrected chi connectivity index (χ3v) is 5.08. The molecule has 0 aliphatic carbocycles. The van der Waals surface area contributed by atoms with Crippen LogP contribution in [0.2, 0.25) is 5.02 Å². The molecule has 4 nitrogen and oxygen atoms in total. The standard InChI is InChI=1S/C19H8BrClF13NO3/c20-9-4-5-12(21)11(7-9)13(36)35-10-3-1-2-8(6-10)14(22,23)16(26,27)37-17(28,29)15(24,25)18(30,31)38-19(32,33)34/h1-7H,(H,35,36). The number of ether oxygens (including phenoxy) is 2. The highest BCUT2D eigenvalue weighted by Gasteiger charge is 2.80. The molecule has 0 saturated heterocycles. The van der Waals surface area contributed by atoms with Crippen molar-refractivity contribution in [3.8, 4) is 0 Å². The molecule has 2 rings (SSSR count). The molecule has 1 amide bonds. The highest BCUT2D eigenvalue weighted by atomic mass is 79.9. The first-order valence-electron chi connectivity index (χ1n) is 9.16. The monoisotopic (exact) mass is 659 g/mol. The van der Waals surface area contributed by atoms with Gasteiger partial charge in [0, 0.05) is 15.7 Å². The van der Waals surface area contributed by atoms with Gasteiger partial charge in [0.2, 0.25) is 0 Å². The van der Waals surface area contributed by atoms with Gasteiger partial charge in [-0.3, -0.25) is 4.79 Å². The molecular weight excluding hydrogens is 653 g/mol. The summed E-state index contributed by atoms with van der Waals surface area (Å²) in [5.41, 5.74) is -2.92. The lowest BCUT2D eigenvalue weighted by Gasteiger charge is -2.35. The number of carbonyl (C=O) groups is 1. The van der Waals surface area contributed by atoms with Gasteiger partial charge in [0.05, 0.1) is 10.6 Å². The Hall–Kier alpha value is -2.31. The van der Waals surface area contributed by atoms with Gasteiger partial charge < -0.3 is 5.32 Å². The summed E-state index contributed by atoms with van der Waals surface area (Å²) in [5, 5.41) is 1.80. The van der Waals surface area contributed by atoms with E-state index in [0.29, 0.717) is 10.5 Å². The van der Waals surface area contributed by atoms with Crippen molar-refractivity contribution >= 4 is 39.1 Å². The maximum absolute atomic E-state index is 14.4. The van der Waals surface area contributed by atoms with Crippen LogP contribution in [0.25, 0.3) is 0 Å². The molecule has 2 aromatic rings. The summed E-state index contributed by atoms with van der Waals surface area (Å²) in [6, 6.07) is 5.39. The molecule has 2 aromatic carbocycles. The molecule has 0 aliphatic rings. The van der Waals surface area contributed by atoms with Crippen molar-refractivity contribution in [1.82, 2.24) is 0 Å². The Morgan fingerprint density at radius 3 is 1.87 bits per heavy atom. The highest BCUT2D eigenvalue weighted by Crippen LogP contribution is 2.54. The van der Waals surface area contributed by atoms with Gasteiger partial charge in [0.1, 0.15) is 0 Å². The summed E-state index contributed by atoms with van der Waals surface area (Å²) in [6.45, 7) is 0. The van der Waals surface area contributed by atoms with E-state index < -0.39 is 53.7 Å². The second-order valence-corrected chi connectivity index (χ2v) is 8.33. The van der Waals surface area contributed by atoms with Crippen LogP contribution in [0.1, 0.15) is 15.9 Å². The molecule has 0 aromatic heterocycles. The first-order chi connectivity index (χ1) is 16.9. The van der Waals surface area contributed by atoms with Gasteiger partial charge in [-0.15, -0.1) is 13.2 Å². The third-order valence-electron chi connectivity index (χ3n) is 4.25. The van der Waals surface area contributed by atoms with Gasteiger partial charge in [-0.1, -0.05) is 39.7 Å². The Labute approximate surface area is 215 Å². The first kappa shape index (κ1) is 31.9. The average Bonchev–Trinajstić information content (AvgIpc) is 2.72. The minimum Gasteiger partial charge on any atom is -0.322 e. The van der Waals surface area contributed by atoms with Crippen LogP contribution >= 0.6 is 27.5 Å². The van der Waals surface area contributed by atoms with Crippen LogP contribution in [-0.4, -0.2) is 36.5 Å². The molecule has 0 radical (unpaired) electrons. The normalized spacial score (nSPS) is 14.0. The number of halogens is 15. The topological polar surface area (TPSA) is 47.6 Å². The molecule has 0 atom stereocenters. The fraction of sp³-hybridized carbons (Fsp3) is 0.316. The van der Waals surface area contributed by atoms with E-state index in [1.54, 1.807) is 0 Å². The van der Waals surface area contributed by atoms with Gasteiger partial charge in [0.15, 0.2) is 0 Å². The van der Waals surface area contributed by atoms with Crippen LogP contribution in [-0.2, 0) is 15.4 Å². The number of nitrogens with one attached hydrogen (secondary N) is 1. The number of hydrogen-bond donors (Lipinski definition) is 1. The zero-order chi connectivity index (χ0) is 29.5. The summed E-state index contributed by atoms with van der Waals surface area (Å²) < 4.78 is 176. The van der Waals surface area contributed by atoms with Crippen molar-refractivity contribution in [3.05, 3.63) is 63.1 Å². The molecule has 212 valence electrons. The van der Waals surface area contributed by atoms with Crippen molar-refractivity contribution in [3.63, 3.8) is 0 Å². The SMILES string of the molecule is O=C(Nc1cccc(C(F)(F)C(F)(F)OC(F)(F)C(F)(F)C(F)(F)OC(F)(F)F)c1)c1cc(Br)ccc1Cl. The van der Waals surface area contributed by atoms with E-state index in [1.807, 2.05) is 10.1 Å².